The Labute approximate surface area is 228 Å². The van der Waals surface area contributed by atoms with Crippen molar-refractivity contribution < 1.29 is 22.7 Å². The van der Waals surface area contributed by atoms with Crippen LogP contribution in [0.5, 0.6) is 0 Å². The number of piperidine rings is 1. The van der Waals surface area contributed by atoms with Gasteiger partial charge in [-0.05, 0) is 43.0 Å². The van der Waals surface area contributed by atoms with Crippen LogP contribution >= 0.6 is 0 Å². The summed E-state index contributed by atoms with van der Waals surface area (Å²) in [5.74, 6) is -0.740. The lowest BCUT2D eigenvalue weighted by Crippen LogP contribution is -2.50. The van der Waals surface area contributed by atoms with Gasteiger partial charge in [-0.2, -0.15) is 19.5 Å². The van der Waals surface area contributed by atoms with Gasteiger partial charge in [0.05, 0.1) is 24.6 Å². The number of furan rings is 1. The second kappa shape index (κ2) is 10.7. The quantitative estimate of drug-likeness (QED) is 0.353. The number of rotatable bonds is 6. The minimum atomic E-state index is -1.18. The van der Waals surface area contributed by atoms with Crippen molar-refractivity contribution >= 4 is 29.3 Å². The fraction of sp³-hybridized carbons (Fsp3) is 0.423. The number of esters is 1. The molecule has 1 atom stereocenters. The van der Waals surface area contributed by atoms with Crippen molar-refractivity contribution in [1.29, 1.82) is 0 Å². The molecule has 0 radical (unpaired) electrons. The van der Waals surface area contributed by atoms with E-state index >= 15 is 0 Å². The molecule has 0 aliphatic carbocycles. The zero-order valence-corrected chi connectivity index (χ0v) is 22.0. The van der Waals surface area contributed by atoms with Gasteiger partial charge in [0.25, 0.3) is 5.78 Å². The molecule has 40 heavy (non-hydrogen) atoms. The molecule has 4 aromatic rings. The molecule has 2 fully saturated rings. The molecule has 2 aliphatic rings. The Kier molecular flexibility index (Phi) is 6.92. The molecule has 2 aliphatic heterocycles. The van der Waals surface area contributed by atoms with Gasteiger partial charge in [0.2, 0.25) is 17.7 Å². The third-order valence-electron chi connectivity index (χ3n) is 7.46. The molecular formula is C26H29F2N9O3. The van der Waals surface area contributed by atoms with Crippen LogP contribution in [0, 0.1) is 17.6 Å². The first-order valence-electron chi connectivity index (χ1n) is 13.1. The Bertz CT molecular complexity index is 1520. The maximum Gasteiger partial charge on any atom is 0.340 e. The number of fused-ring (bicyclic) bond motifs is 1. The van der Waals surface area contributed by atoms with Gasteiger partial charge in [-0.3, -0.25) is 4.90 Å². The van der Waals surface area contributed by atoms with Crippen LogP contribution in [0.1, 0.15) is 23.2 Å². The number of methoxy groups -OCH3 is 1. The Hall–Kier alpha value is -4.33. The molecular weight excluding hydrogens is 524 g/mol. The number of nitrogens with two attached hydrogens (primary N) is 1. The highest BCUT2D eigenvalue weighted by Gasteiger charge is 2.28. The van der Waals surface area contributed by atoms with E-state index in [1.54, 1.807) is 18.4 Å². The van der Waals surface area contributed by atoms with Crippen molar-refractivity contribution in [3.63, 3.8) is 0 Å². The number of benzene rings is 1. The van der Waals surface area contributed by atoms with Gasteiger partial charge in [-0.25, -0.2) is 13.6 Å². The molecule has 14 heteroatoms. The number of hydrogen-bond acceptors (Lipinski definition) is 11. The van der Waals surface area contributed by atoms with Crippen molar-refractivity contribution in [2.75, 3.05) is 68.5 Å². The summed E-state index contributed by atoms with van der Waals surface area (Å²) in [4.78, 5) is 31.5. The number of piperazine rings is 1. The molecule has 2 N–H and O–H groups in total. The SMILES string of the molecule is COC(=O)c1ccc(N2CCN(C[C@@H]3CCCN(c4nc(N)n5nc(-c6ccco6)nc5n4)C3)CC2)c(F)c1F. The summed E-state index contributed by atoms with van der Waals surface area (Å²) in [7, 11) is 1.13. The van der Waals surface area contributed by atoms with Gasteiger partial charge in [0, 0.05) is 45.8 Å². The molecule has 0 bridgehead atoms. The van der Waals surface area contributed by atoms with Crippen LogP contribution in [0.4, 0.5) is 26.4 Å². The third-order valence-corrected chi connectivity index (χ3v) is 7.46. The molecule has 0 spiro atoms. The molecule has 210 valence electrons. The molecule has 6 rings (SSSR count). The summed E-state index contributed by atoms with van der Waals surface area (Å²) in [6.07, 6.45) is 3.61. The van der Waals surface area contributed by atoms with Crippen LogP contribution in [0.15, 0.2) is 34.9 Å². The number of ether oxygens (including phenoxy) is 1. The highest BCUT2D eigenvalue weighted by molar-refractivity contribution is 5.90. The van der Waals surface area contributed by atoms with Crippen LogP contribution in [0.25, 0.3) is 17.4 Å². The number of anilines is 3. The second-order valence-corrected chi connectivity index (χ2v) is 10.0. The highest BCUT2D eigenvalue weighted by atomic mass is 19.2. The van der Waals surface area contributed by atoms with Gasteiger partial charge in [-0.1, -0.05) is 0 Å². The molecule has 1 aromatic carbocycles. The van der Waals surface area contributed by atoms with Crippen molar-refractivity contribution in [2.24, 2.45) is 5.92 Å². The Balaban J connectivity index is 1.08. The number of halogens is 2. The second-order valence-electron chi connectivity index (χ2n) is 10.0. The van der Waals surface area contributed by atoms with Crippen molar-refractivity contribution in [3.8, 4) is 11.6 Å². The maximum atomic E-state index is 14.7. The summed E-state index contributed by atoms with van der Waals surface area (Å²) >= 11 is 0. The molecule has 5 heterocycles. The molecule has 12 nitrogen and oxygen atoms in total. The van der Waals surface area contributed by atoms with Crippen LogP contribution in [0.2, 0.25) is 0 Å². The summed E-state index contributed by atoms with van der Waals surface area (Å²) in [6, 6.07) is 6.24. The topological polar surface area (TPSA) is 131 Å². The molecule has 3 aromatic heterocycles. The minimum absolute atomic E-state index is 0.155. The zero-order chi connectivity index (χ0) is 27.8. The van der Waals surface area contributed by atoms with E-state index in [1.807, 2.05) is 4.90 Å². The van der Waals surface area contributed by atoms with E-state index in [0.717, 1.165) is 39.6 Å². The predicted molar refractivity (Wildman–Crippen MR) is 142 cm³/mol. The largest absolute Gasteiger partial charge is 0.465 e. The van der Waals surface area contributed by atoms with Crippen molar-refractivity contribution in [3.05, 3.63) is 47.7 Å². The number of aromatic nitrogens is 5. The third kappa shape index (κ3) is 4.90. The van der Waals surface area contributed by atoms with Gasteiger partial charge >= 0.3 is 5.97 Å². The lowest BCUT2D eigenvalue weighted by atomic mass is 9.97. The van der Waals surface area contributed by atoms with Crippen LogP contribution in [-0.2, 0) is 4.74 Å². The van der Waals surface area contributed by atoms with Crippen LogP contribution in [0.3, 0.4) is 0 Å². The molecule has 2 saturated heterocycles. The Morgan fingerprint density at radius 2 is 1.90 bits per heavy atom. The predicted octanol–water partition coefficient (Wildman–Crippen LogP) is 2.46. The van der Waals surface area contributed by atoms with E-state index in [4.69, 9.17) is 10.2 Å². The summed E-state index contributed by atoms with van der Waals surface area (Å²) < 4.78 is 40.5. The van der Waals surface area contributed by atoms with Crippen LogP contribution < -0.4 is 15.5 Å². The van der Waals surface area contributed by atoms with Gasteiger partial charge in [0.15, 0.2) is 17.4 Å². The fourth-order valence-electron chi connectivity index (χ4n) is 5.43. The smallest absolute Gasteiger partial charge is 0.340 e. The van der Waals surface area contributed by atoms with E-state index < -0.39 is 23.2 Å². The average Bonchev–Trinajstić information content (AvgIpc) is 3.66. The monoisotopic (exact) mass is 553 g/mol. The molecule has 0 saturated carbocycles. The first kappa shape index (κ1) is 25.9. The van der Waals surface area contributed by atoms with Crippen LogP contribution in [-0.4, -0.2) is 88.4 Å². The summed E-state index contributed by atoms with van der Waals surface area (Å²) in [5, 5.41) is 4.36. The van der Waals surface area contributed by atoms with E-state index in [2.05, 4.69) is 34.6 Å². The fourth-order valence-corrected chi connectivity index (χ4v) is 5.43. The Morgan fingerprint density at radius 3 is 2.65 bits per heavy atom. The number of nitrogens with zero attached hydrogens (tertiary/aromatic N) is 8. The van der Waals surface area contributed by atoms with E-state index in [1.165, 1.54) is 16.6 Å². The highest BCUT2D eigenvalue weighted by Crippen LogP contribution is 2.27. The number of nitrogen functional groups attached to an aromatic ring is 1. The zero-order valence-electron chi connectivity index (χ0n) is 22.0. The normalized spacial score (nSPS) is 18.4. The first-order chi connectivity index (χ1) is 19.4. The maximum absolute atomic E-state index is 14.7. The number of carbonyl (C=O) groups excluding carboxylic acids is 1. The Morgan fingerprint density at radius 1 is 1.07 bits per heavy atom. The first-order valence-corrected chi connectivity index (χ1v) is 13.1. The van der Waals surface area contributed by atoms with Crippen molar-refractivity contribution in [1.82, 2.24) is 29.5 Å². The minimum Gasteiger partial charge on any atom is -0.465 e. The van der Waals surface area contributed by atoms with Gasteiger partial charge < -0.3 is 24.7 Å². The number of hydrogen-bond donors (Lipinski definition) is 1. The summed E-state index contributed by atoms with van der Waals surface area (Å²) in [5.41, 5.74) is 5.94. The van der Waals surface area contributed by atoms with Crippen molar-refractivity contribution in [2.45, 2.75) is 12.8 Å². The van der Waals surface area contributed by atoms with E-state index in [9.17, 15) is 13.6 Å². The van der Waals surface area contributed by atoms with Gasteiger partial charge in [0.1, 0.15) is 0 Å². The lowest BCUT2D eigenvalue weighted by Gasteiger charge is -2.40. The van der Waals surface area contributed by atoms with E-state index in [0.29, 0.717) is 55.4 Å². The summed E-state index contributed by atoms with van der Waals surface area (Å²) in [6.45, 7) is 4.96. The average molecular weight is 554 g/mol. The standard InChI is InChI=1S/C26H29F2N9O3/c1-39-23(38)17-6-7-18(21(28)20(17)27)35-11-9-34(10-12-35)14-16-4-2-8-36(15-16)25-31-24(29)37-26(32-25)30-22(33-37)19-5-3-13-40-19/h3,5-7,13,16H,2,4,8-12,14-15H2,1H3,(H2,29,30,31,32,33)/t16-/m0/s1. The lowest BCUT2D eigenvalue weighted by molar-refractivity contribution is 0.0594. The van der Waals surface area contributed by atoms with Gasteiger partial charge in [-0.15, -0.1) is 5.10 Å². The number of carbonyl (C=O) groups is 1. The van der Waals surface area contributed by atoms with E-state index in [-0.39, 0.29) is 11.6 Å². The molecule has 0 unspecified atom stereocenters. The molecule has 0 amide bonds.